The molecule has 2 aromatic rings. The molecule has 172 valence electrons. The first-order valence-corrected chi connectivity index (χ1v) is 11.4. The molecule has 2 aliphatic rings. The fourth-order valence-corrected chi connectivity index (χ4v) is 4.47. The third kappa shape index (κ3) is 4.93. The van der Waals surface area contributed by atoms with Crippen LogP contribution < -0.4 is 10.6 Å². The van der Waals surface area contributed by atoms with Gasteiger partial charge in [-0.05, 0) is 55.2 Å². The lowest BCUT2D eigenvalue weighted by Crippen LogP contribution is -2.44. The van der Waals surface area contributed by atoms with Gasteiger partial charge >= 0.3 is 0 Å². The Morgan fingerprint density at radius 3 is 2.70 bits per heavy atom. The molecule has 1 aliphatic heterocycles. The molecule has 1 fully saturated rings. The average Bonchev–Trinajstić information content (AvgIpc) is 3.10. The van der Waals surface area contributed by atoms with Crippen molar-refractivity contribution in [2.75, 3.05) is 5.32 Å². The zero-order valence-electron chi connectivity index (χ0n) is 18.6. The van der Waals surface area contributed by atoms with Crippen LogP contribution >= 0.6 is 11.6 Å². The summed E-state index contributed by atoms with van der Waals surface area (Å²) in [4.78, 5) is 50.7. The fourth-order valence-electron chi connectivity index (χ4n) is 4.29. The second kappa shape index (κ2) is 9.35. The standard InChI is InChI=1S/C25H26ClN3O4/c1-14-3-5-18(10-21(14)26)28-15(2)24(32)27-12-16-4-7-20-17(9-16)13-29(25(20)33)22-8-6-19(30)11-23(22)31/h3-5,7,9-10,15,22,28H,6,8,11-13H2,1-2H3,(H,27,32). The van der Waals surface area contributed by atoms with E-state index in [9.17, 15) is 19.2 Å². The number of amides is 2. The van der Waals surface area contributed by atoms with Crippen molar-refractivity contribution in [3.63, 3.8) is 0 Å². The number of rotatable bonds is 6. The molecule has 1 heterocycles. The molecule has 2 unspecified atom stereocenters. The van der Waals surface area contributed by atoms with E-state index in [-0.39, 0.29) is 29.8 Å². The lowest BCUT2D eigenvalue weighted by atomic mass is 9.92. The summed E-state index contributed by atoms with van der Waals surface area (Å²) >= 11 is 6.15. The average molecular weight is 468 g/mol. The normalized spacial score (nSPS) is 18.8. The summed E-state index contributed by atoms with van der Waals surface area (Å²) in [6, 6.07) is 10.0. The first-order valence-electron chi connectivity index (χ1n) is 11.0. The number of nitrogens with zero attached hydrogens (tertiary/aromatic N) is 1. The van der Waals surface area contributed by atoms with Gasteiger partial charge in [0.2, 0.25) is 5.91 Å². The van der Waals surface area contributed by atoms with Crippen LogP contribution in [-0.2, 0) is 27.5 Å². The van der Waals surface area contributed by atoms with Crippen LogP contribution in [0.3, 0.4) is 0 Å². The van der Waals surface area contributed by atoms with Gasteiger partial charge in [-0.25, -0.2) is 0 Å². The highest BCUT2D eigenvalue weighted by Gasteiger charge is 2.38. The number of fused-ring (bicyclic) bond motifs is 1. The quantitative estimate of drug-likeness (QED) is 0.635. The van der Waals surface area contributed by atoms with E-state index in [2.05, 4.69) is 10.6 Å². The summed E-state index contributed by atoms with van der Waals surface area (Å²) in [6.07, 6.45) is 0.620. The van der Waals surface area contributed by atoms with Crippen molar-refractivity contribution in [1.82, 2.24) is 10.2 Å². The molecule has 2 N–H and O–H groups in total. The van der Waals surface area contributed by atoms with Gasteiger partial charge in [0.05, 0.1) is 12.5 Å². The molecule has 2 atom stereocenters. The fraction of sp³-hybridized carbons (Fsp3) is 0.360. The van der Waals surface area contributed by atoms with Crippen molar-refractivity contribution < 1.29 is 19.2 Å². The SMILES string of the molecule is Cc1ccc(NC(C)C(=O)NCc2ccc3c(c2)CN(C2CCC(=O)CC2=O)C3=O)cc1Cl. The summed E-state index contributed by atoms with van der Waals surface area (Å²) in [6.45, 7) is 4.35. The number of aryl methyl sites for hydroxylation is 1. The largest absolute Gasteiger partial charge is 0.374 e. The van der Waals surface area contributed by atoms with Crippen LogP contribution in [-0.4, -0.2) is 40.4 Å². The van der Waals surface area contributed by atoms with Gasteiger partial charge in [-0.2, -0.15) is 0 Å². The van der Waals surface area contributed by atoms with Crippen LogP contribution in [0.4, 0.5) is 5.69 Å². The number of ketones is 2. The van der Waals surface area contributed by atoms with Crippen LogP contribution in [0.2, 0.25) is 5.02 Å². The summed E-state index contributed by atoms with van der Waals surface area (Å²) < 4.78 is 0. The third-order valence-electron chi connectivity index (χ3n) is 6.23. The summed E-state index contributed by atoms with van der Waals surface area (Å²) in [5, 5.41) is 6.68. The van der Waals surface area contributed by atoms with Gasteiger partial charge in [-0.3, -0.25) is 19.2 Å². The molecule has 7 nitrogen and oxygen atoms in total. The first kappa shape index (κ1) is 23.0. The highest BCUT2D eigenvalue weighted by atomic mass is 35.5. The van der Waals surface area contributed by atoms with Crippen molar-refractivity contribution in [3.05, 3.63) is 63.7 Å². The van der Waals surface area contributed by atoms with Gasteiger partial charge in [0.1, 0.15) is 11.8 Å². The first-order chi connectivity index (χ1) is 15.7. The van der Waals surface area contributed by atoms with E-state index in [1.54, 1.807) is 24.0 Å². The summed E-state index contributed by atoms with van der Waals surface area (Å²) in [7, 11) is 0. The van der Waals surface area contributed by atoms with Gasteiger partial charge < -0.3 is 15.5 Å². The number of carbonyl (C=O) groups excluding carboxylic acids is 4. The summed E-state index contributed by atoms with van der Waals surface area (Å²) in [5.41, 5.74) is 4.00. The lowest BCUT2D eigenvalue weighted by Gasteiger charge is -2.29. The molecule has 2 amide bonds. The predicted octanol–water partition coefficient (Wildman–Crippen LogP) is 3.41. The van der Waals surface area contributed by atoms with Crippen molar-refractivity contribution in [1.29, 1.82) is 0 Å². The second-order valence-corrected chi connectivity index (χ2v) is 9.12. The van der Waals surface area contributed by atoms with E-state index in [1.165, 1.54) is 0 Å². The maximum absolute atomic E-state index is 12.8. The minimum absolute atomic E-state index is 0.0624. The monoisotopic (exact) mass is 467 g/mol. The molecule has 8 heteroatoms. The van der Waals surface area contributed by atoms with E-state index in [0.717, 1.165) is 22.4 Å². The maximum atomic E-state index is 12.8. The smallest absolute Gasteiger partial charge is 0.255 e. The number of hydrogen-bond donors (Lipinski definition) is 2. The van der Waals surface area contributed by atoms with E-state index in [4.69, 9.17) is 11.6 Å². The Hall–Kier alpha value is -3.19. The van der Waals surface area contributed by atoms with E-state index in [1.807, 2.05) is 31.2 Å². The number of hydrogen-bond acceptors (Lipinski definition) is 5. The van der Waals surface area contributed by atoms with Gasteiger partial charge in [-0.15, -0.1) is 0 Å². The number of carbonyl (C=O) groups is 4. The highest BCUT2D eigenvalue weighted by molar-refractivity contribution is 6.31. The predicted molar refractivity (Wildman–Crippen MR) is 125 cm³/mol. The van der Waals surface area contributed by atoms with Crippen molar-refractivity contribution in [3.8, 4) is 0 Å². The Bertz CT molecular complexity index is 1150. The molecule has 1 aliphatic carbocycles. The molecule has 0 spiro atoms. The van der Waals surface area contributed by atoms with Gasteiger partial charge in [-0.1, -0.05) is 29.8 Å². The third-order valence-corrected chi connectivity index (χ3v) is 6.64. The molecular formula is C25H26ClN3O4. The van der Waals surface area contributed by atoms with Crippen LogP contribution in [0.5, 0.6) is 0 Å². The summed E-state index contributed by atoms with van der Waals surface area (Å²) in [5.74, 6) is -0.589. The molecule has 0 bridgehead atoms. The van der Waals surface area contributed by atoms with Gasteiger partial charge in [0, 0.05) is 35.8 Å². The Labute approximate surface area is 197 Å². The van der Waals surface area contributed by atoms with Gasteiger partial charge in [0.25, 0.3) is 5.91 Å². The minimum Gasteiger partial charge on any atom is -0.374 e. The van der Waals surface area contributed by atoms with Crippen LogP contribution in [0, 0.1) is 6.92 Å². The Morgan fingerprint density at radius 2 is 1.97 bits per heavy atom. The van der Waals surface area contributed by atoms with Crippen LogP contribution in [0.1, 0.15) is 53.2 Å². The maximum Gasteiger partial charge on any atom is 0.255 e. The zero-order valence-corrected chi connectivity index (χ0v) is 19.4. The number of nitrogens with one attached hydrogen (secondary N) is 2. The van der Waals surface area contributed by atoms with Crippen molar-refractivity contribution in [2.45, 2.75) is 58.3 Å². The topological polar surface area (TPSA) is 95.6 Å². The molecular weight excluding hydrogens is 442 g/mol. The minimum atomic E-state index is -0.534. The Balaban J connectivity index is 1.36. The highest BCUT2D eigenvalue weighted by Crippen LogP contribution is 2.29. The molecule has 0 saturated heterocycles. The molecule has 33 heavy (non-hydrogen) atoms. The Morgan fingerprint density at radius 1 is 1.18 bits per heavy atom. The molecule has 4 rings (SSSR count). The second-order valence-electron chi connectivity index (χ2n) is 8.71. The zero-order chi connectivity index (χ0) is 23.7. The van der Waals surface area contributed by atoms with Crippen molar-refractivity contribution in [2.24, 2.45) is 0 Å². The lowest BCUT2D eigenvalue weighted by molar-refractivity contribution is -0.133. The van der Waals surface area contributed by atoms with Crippen LogP contribution in [0.15, 0.2) is 36.4 Å². The van der Waals surface area contributed by atoms with E-state index < -0.39 is 12.1 Å². The van der Waals surface area contributed by atoms with E-state index in [0.29, 0.717) is 36.5 Å². The Kier molecular flexibility index (Phi) is 6.51. The van der Waals surface area contributed by atoms with Crippen LogP contribution in [0.25, 0.3) is 0 Å². The van der Waals surface area contributed by atoms with E-state index >= 15 is 0 Å². The van der Waals surface area contributed by atoms with Gasteiger partial charge in [0.15, 0.2) is 5.78 Å². The molecule has 0 aromatic heterocycles. The number of benzene rings is 2. The number of Topliss-reactive ketones (excluding diaryl/α,β-unsaturated/α-hetero) is 2. The van der Waals surface area contributed by atoms with Crippen molar-refractivity contribution >= 4 is 40.7 Å². The molecule has 2 aromatic carbocycles. The molecule has 0 radical (unpaired) electrons. The number of anilines is 1. The number of halogens is 1. The molecule has 1 saturated carbocycles.